The monoisotopic (exact) mass is 1480 g/mol. The molecule has 4 fully saturated rings. The van der Waals surface area contributed by atoms with E-state index in [1.165, 1.54) is 52.0 Å². The second-order valence-electron chi connectivity index (χ2n) is 26.0. The number of aliphatic hydroxyl groups is 1. The molecular weight excluding hydrogens is 1370 g/mol. The summed E-state index contributed by atoms with van der Waals surface area (Å²) in [5.41, 5.74) is 7.94. The Kier molecular flexibility index (Phi) is 37.2. The molecule has 4 aliphatic heterocycles. The van der Waals surface area contributed by atoms with E-state index in [1.54, 1.807) is 46.8 Å². The van der Waals surface area contributed by atoms with Crippen LogP contribution in [0.2, 0.25) is 0 Å². The zero-order valence-corrected chi connectivity index (χ0v) is 60.9. The summed E-state index contributed by atoms with van der Waals surface area (Å²) in [5.74, 6) is -9.13. The first-order chi connectivity index (χ1) is 48.2. The summed E-state index contributed by atoms with van der Waals surface area (Å²) >= 11 is 4.23. The van der Waals surface area contributed by atoms with Gasteiger partial charge < -0.3 is 73.0 Å². The van der Waals surface area contributed by atoms with Gasteiger partial charge >= 0.3 is 23.9 Å². The van der Waals surface area contributed by atoms with Crippen molar-refractivity contribution in [2.45, 2.75) is 153 Å². The number of rotatable bonds is 26. The molecule has 0 saturated carbocycles. The van der Waals surface area contributed by atoms with Gasteiger partial charge in [-0.15, -0.1) is 0 Å². The van der Waals surface area contributed by atoms with Crippen molar-refractivity contribution < 1.29 is 87.9 Å². The lowest BCUT2D eigenvalue weighted by Crippen LogP contribution is -2.61. The van der Waals surface area contributed by atoms with Gasteiger partial charge in [0.25, 0.3) is 0 Å². The highest BCUT2D eigenvalue weighted by molar-refractivity contribution is 8.00. The van der Waals surface area contributed by atoms with E-state index in [9.17, 15) is 87.9 Å². The van der Waals surface area contributed by atoms with Crippen LogP contribution in [0.4, 0.5) is 0 Å². The van der Waals surface area contributed by atoms with Crippen LogP contribution in [-0.2, 0) is 62.3 Å². The number of nitrogens with one attached hydrogen (secondary N) is 6. The van der Waals surface area contributed by atoms with E-state index >= 15 is 0 Å². The highest BCUT2D eigenvalue weighted by Crippen LogP contribution is 2.32. The fourth-order valence-electron chi connectivity index (χ4n) is 12.6. The standard InChI is InChI=1S/C67H105N13O18S3/c1-5-8-9-15-55(83)70-50-41-100-39-46-30-45(38-99-29-18-69-56(84)34-75-21-23-76(35-57(85)86)25-27-78(37-59(89)90)28-26-77(24-22-75)36-58(87)88)31-47(32-46)40-101-42-51(67(97)98)73-62(92)49(33-44(7-3)12-6-2)72-61(91)48(16-17-54(68)82)71-64(94)60(43(4)81)74-63(93)52-13-10-19-79(52)66(96)53-14-11-20-80(53)65(50)95/h6-7,12,30-31,43,46,48-53,60,81H,5,8-11,13-29,32-42H2,1-4H3,(H2,68,82)(H,69,84)(H,70,83)(H,71,94)(H,72,91)(H,73,92)(H,74,93)(H,85,86)(H,87,88)(H,89,90)(H,97,98)/b12-6-,44-7+/t43-,46?,48+,49+,50+,51+,52+,53+,60+/m1/s1. The summed E-state index contributed by atoms with van der Waals surface area (Å²) in [4.78, 5) is 184. The van der Waals surface area contributed by atoms with Crippen LogP contribution in [0.3, 0.4) is 0 Å². The van der Waals surface area contributed by atoms with Crippen LogP contribution in [0.25, 0.3) is 0 Å². The van der Waals surface area contributed by atoms with E-state index in [-0.39, 0.29) is 153 Å². The molecule has 1 unspecified atom stereocenters. The summed E-state index contributed by atoms with van der Waals surface area (Å²) in [5, 5.41) is 66.7. The summed E-state index contributed by atoms with van der Waals surface area (Å²) in [6, 6.07) is -9.41. The summed E-state index contributed by atoms with van der Waals surface area (Å²) in [7, 11) is 0. The maximum atomic E-state index is 14.9. The molecular formula is C67H105N13O18S3. The number of nitrogens with zero attached hydrogens (tertiary/aromatic N) is 6. The number of primary amides is 1. The molecule has 564 valence electrons. The van der Waals surface area contributed by atoms with Gasteiger partial charge in [-0.25, -0.2) is 4.79 Å². The predicted octanol–water partition coefficient (Wildman–Crippen LogP) is -0.706. The number of carboxylic acids is 4. The first-order valence-corrected chi connectivity index (χ1v) is 38.2. The van der Waals surface area contributed by atoms with Crippen LogP contribution in [-0.4, -0.2) is 313 Å². The number of allylic oxidation sites excluding steroid dienone is 5. The lowest BCUT2D eigenvalue weighted by Gasteiger charge is -2.33. The van der Waals surface area contributed by atoms with Gasteiger partial charge in [0.2, 0.25) is 53.2 Å². The van der Waals surface area contributed by atoms with Crippen molar-refractivity contribution in [3.05, 3.63) is 47.1 Å². The number of hydrogen-bond acceptors (Lipinski definition) is 21. The molecule has 5 aliphatic rings. The number of aliphatic hydroxyl groups excluding tert-OH is 1. The second-order valence-corrected chi connectivity index (χ2v) is 29.2. The number of carboxylic acid groups (broad SMARTS) is 4. The number of nitrogens with two attached hydrogens (primary N) is 1. The zero-order valence-electron chi connectivity index (χ0n) is 58.4. The molecule has 0 aromatic heterocycles. The molecule has 13 N–H and O–H groups in total. The Balaban J connectivity index is 1.42. The third-order valence-corrected chi connectivity index (χ3v) is 21.3. The Labute approximate surface area is 603 Å². The lowest BCUT2D eigenvalue weighted by atomic mass is 9.93. The van der Waals surface area contributed by atoms with Crippen molar-refractivity contribution in [1.82, 2.24) is 61.3 Å². The Morgan fingerprint density at radius 1 is 0.673 bits per heavy atom. The van der Waals surface area contributed by atoms with Crippen LogP contribution in [0.1, 0.15) is 105 Å². The maximum absolute atomic E-state index is 14.9. The largest absolute Gasteiger partial charge is 0.480 e. The van der Waals surface area contributed by atoms with E-state index < -0.39 is 126 Å². The van der Waals surface area contributed by atoms with E-state index in [1.807, 2.05) is 17.9 Å². The van der Waals surface area contributed by atoms with Gasteiger partial charge in [0.15, 0.2) is 0 Å². The molecule has 0 aromatic carbocycles. The van der Waals surface area contributed by atoms with Crippen LogP contribution in [0.5, 0.6) is 0 Å². The molecule has 34 heteroatoms. The lowest BCUT2D eigenvalue weighted by molar-refractivity contribution is -0.148. The fourth-order valence-corrected chi connectivity index (χ4v) is 15.6. The molecule has 0 aromatic rings. The van der Waals surface area contributed by atoms with Crippen molar-refractivity contribution in [3.63, 3.8) is 0 Å². The molecule has 1 aliphatic carbocycles. The number of carbonyl (C=O) groups excluding carboxylic acids is 9. The third-order valence-electron chi connectivity index (χ3n) is 17.9. The van der Waals surface area contributed by atoms with Crippen molar-refractivity contribution >= 4 is 112 Å². The molecule has 9 amide bonds. The number of amides is 9. The summed E-state index contributed by atoms with van der Waals surface area (Å²) in [6.07, 6.45) is 10.9. The third kappa shape index (κ3) is 30.0. The van der Waals surface area contributed by atoms with Crippen molar-refractivity contribution in [2.75, 3.05) is 133 Å². The van der Waals surface area contributed by atoms with E-state index in [2.05, 4.69) is 38.0 Å². The van der Waals surface area contributed by atoms with Gasteiger partial charge in [-0.05, 0) is 83.0 Å². The van der Waals surface area contributed by atoms with Crippen LogP contribution >= 0.6 is 35.3 Å². The van der Waals surface area contributed by atoms with Crippen molar-refractivity contribution in [2.24, 2.45) is 11.7 Å². The molecule has 31 nitrogen and oxygen atoms in total. The van der Waals surface area contributed by atoms with E-state index in [0.29, 0.717) is 54.3 Å². The molecule has 5 rings (SSSR count). The number of hydrogen-bond donors (Lipinski definition) is 12. The maximum Gasteiger partial charge on any atom is 0.327 e. The van der Waals surface area contributed by atoms with Crippen molar-refractivity contribution in [1.29, 1.82) is 0 Å². The first kappa shape index (κ1) is 84.6. The van der Waals surface area contributed by atoms with Gasteiger partial charge in [0, 0.05) is 120 Å². The van der Waals surface area contributed by atoms with Crippen LogP contribution < -0.4 is 37.6 Å². The Morgan fingerprint density at radius 3 is 1.80 bits per heavy atom. The minimum atomic E-state index is -1.71. The Morgan fingerprint density at radius 2 is 1.25 bits per heavy atom. The Bertz CT molecular complexity index is 2980. The quantitative estimate of drug-likeness (QED) is 0.0376. The number of unbranched alkanes of at least 4 members (excludes halogenated alkanes) is 2. The van der Waals surface area contributed by atoms with Gasteiger partial charge in [0.1, 0.15) is 42.3 Å². The molecule has 9 atom stereocenters. The number of thioether (sulfide) groups is 3. The van der Waals surface area contributed by atoms with Gasteiger partial charge in [-0.1, -0.05) is 61.3 Å². The van der Waals surface area contributed by atoms with Gasteiger partial charge in [0.05, 0.1) is 32.3 Å². The Hall–Kier alpha value is -7.08. The molecule has 4 heterocycles. The number of carbonyl (C=O) groups is 13. The average molecular weight is 1480 g/mol. The van der Waals surface area contributed by atoms with Crippen LogP contribution in [0, 0.1) is 5.92 Å². The van der Waals surface area contributed by atoms with Gasteiger partial charge in [-0.3, -0.25) is 77.1 Å². The second kappa shape index (κ2) is 44.4. The topological polar surface area (TPSA) is 441 Å². The average Bonchev–Trinajstić information content (AvgIpc) is 1.67. The molecule has 0 radical (unpaired) electrons. The number of aliphatic carboxylic acids is 4. The molecule has 101 heavy (non-hydrogen) atoms. The predicted molar refractivity (Wildman–Crippen MR) is 382 cm³/mol. The van der Waals surface area contributed by atoms with Crippen molar-refractivity contribution in [3.8, 4) is 0 Å². The molecule has 2 bridgehead atoms. The minimum Gasteiger partial charge on any atom is -0.480 e. The number of fused-ring (bicyclic) bond motifs is 4. The zero-order chi connectivity index (χ0) is 74.1. The van der Waals surface area contributed by atoms with Gasteiger partial charge in [-0.2, -0.15) is 35.3 Å². The van der Waals surface area contributed by atoms with E-state index in [4.69, 9.17) is 5.73 Å². The highest BCUT2D eigenvalue weighted by atomic mass is 32.2. The first-order valence-electron chi connectivity index (χ1n) is 34.7. The van der Waals surface area contributed by atoms with E-state index in [0.717, 1.165) is 24.0 Å². The summed E-state index contributed by atoms with van der Waals surface area (Å²) in [6.45, 7) is 8.20. The minimum absolute atomic E-state index is 0.0679. The summed E-state index contributed by atoms with van der Waals surface area (Å²) < 4.78 is 0. The van der Waals surface area contributed by atoms with Crippen LogP contribution in [0.15, 0.2) is 47.1 Å². The molecule has 0 spiro atoms. The smallest absolute Gasteiger partial charge is 0.327 e. The molecule has 4 saturated heterocycles. The highest BCUT2D eigenvalue weighted by Gasteiger charge is 2.45. The normalized spacial score (nSPS) is 25.3. The SMILES string of the molecule is C/C=C\C(=C/C)C[C@@H]1NC(=O)[C@H](CCC(N)=O)NC(=O)[C@H]([C@@H](C)O)NC(=O)[C@@H]2CCCN2C(=O)[C@@H]2CCCN2C(=O)[C@@H](NC(=O)CCCCC)CSCC2C=C(CSCCNC(=O)CN3CCN(CC(=O)O)CCN(CC(=O)O)CCN(CC(=O)O)CC3)C=C(CSC[C@@H](C(=O)O)NC1=O)C2. The fraction of sp³-hybridized carbons (Fsp3) is 0.687.